The first-order valence-electron chi connectivity index (χ1n) is 10.8. The maximum atomic E-state index is 13.3. The molecule has 1 atom stereocenters. The first kappa shape index (κ1) is 21.4. The van der Waals surface area contributed by atoms with Crippen LogP contribution in [0.2, 0.25) is 0 Å². The molecule has 30 heavy (non-hydrogen) atoms. The minimum absolute atomic E-state index is 0.193. The number of benzene rings is 2. The number of piperidine rings is 1. The van der Waals surface area contributed by atoms with E-state index in [-0.39, 0.29) is 17.6 Å². The molecule has 2 fully saturated rings. The van der Waals surface area contributed by atoms with E-state index >= 15 is 0 Å². The highest BCUT2D eigenvalue weighted by molar-refractivity contribution is 5.22. The summed E-state index contributed by atoms with van der Waals surface area (Å²) in [6, 6.07) is 12.5. The van der Waals surface area contributed by atoms with E-state index in [2.05, 4.69) is 4.90 Å². The summed E-state index contributed by atoms with van der Waals surface area (Å²) in [6.07, 6.45) is 2.90. The Morgan fingerprint density at radius 2 is 1.50 bits per heavy atom. The van der Waals surface area contributed by atoms with Crippen molar-refractivity contribution in [1.82, 2.24) is 4.90 Å². The van der Waals surface area contributed by atoms with Gasteiger partial charge in [0.1, 0.15) is 11.6 Å². The number of aliphatic hydroxyl groups excluding tert-OH is 1. The lowest BCUT2D eigenvalue weighted by molar-refractivity contribution is -0.172. The average molecular weight is 417 g/mol. The Morgan fingerprint density at radius 1 is 0.933 bits per heavy atom. The molecule has 0 bridgehead atoms. The molecule has 2 aromatic carbocycles. The Balaban J connectivity index is 1.26. The zero-order valence-corrected chi connectivity index (χ0v) is 17.1. The molecule has 0 spiro atoms. The molecule has 0 aliphatic carbocycles. The summed E-state index contributed by atoms with van der Waals surface area (Å²) in [5, 5.41) is 10.6. The van der Waals surface area contributed by atoms with Crippen molar-refractivity contribution in [3.63, 3.8) is 0 Å². The van der Waals surface area contributed by atoms with E-state index in [1.54, 1.807) is 24.3 Å². The van der Waals surface area contributed by atoms with Gasteiger partial charge in [0.25, 0.3) is 0 Å². The van der Waals surface area contributed by atoms with Crippen LogP contribution in [0.15, 0.2) is 48.5 Å². The highest BCUT2D eigenvalue weighted by Crippen LogP contribution is 2.36. The van der Waals surface area contributed by atoms with Crippen molar-refractivity contribution in [2.45, 2.75) is 37.6 Å². The van der Waals surface area contributed by atoms with Gasteiger partial charge in [0.15, 0.2) is 5.79 Å². The highest BCUT2D eigenvalue weighted by atomic mass is 19.1. The minimum atomic E-state index is -0.773. The van der Waals surface area contributed by atoms with E-state index in [1.807, 2.05) is 0 Å². The van der Waals surface area contributed by atoms with Gasteiger partial charge in [-0.3, -0.25) is 0 Å². The van der Waals surface area contributed by atoms with Gasteiger partial charge < -0.3 is 19.5 Å². The number of nitrogens with zero attached hydrogens (tertiary/aromatic N) is 1. The van der Waals surface area contributed by atoms with Crippen molar-refractivity contribution in [2.24, 2.45) is 5.92 Å². The fourth-order valence-corrected chi connectivity index (χ4v) is 4.57. The predicted molar refractivity (Wildman–Crippen MR) is 110 cm³/mol. The Hall–Kier alpha value is -1.86. The molecule has 2 saturated heterocycles. The van der Waals surface area contributed by atoms with Crippen LogP contribution in [-0.4, -0.2) is 42.9 Å². The number of hydrogen-bond donors (Lipinski definition) is 1. The smallest absolute Gasteiger partial charge is 0.195 e. The molecule has 2 aliphatic rings. The van der Waals surface area contributed by atoms with E-state index in [0.29, 0.717) is 13.2 Å². The second-order valence-electron chi connectivity index (χ2n) is 8.24. The van der Waals surface area contributed by atoms with Crippen LogP contribution in [0, 0.1) is 17.6 Å². The molecule has 2 aliphatic heterocycles. The van der Waals surface area contributed by atoms with Crippen LogP contribution < -0.4 is 0 Å². The van der Waals surface area contributed by atoms with Crippen LogP contribution in [0.4, 0.5) is 8.78 Å². The minimum Gasteiger partial charge on any atom is -0.388 e. The summed E-state index contributed by atoms with van der Waals surface area (Å²) in [7, 11) is 0. The summed E-state index contributed by atoms with van der Waals surface area (Å²) < 4.78 is 38.3. The number of hydrogen-bond acceptors (Lipinski definition) is 4. The molecule has 0 amide bonds. The molecule has 0 radical (unpaired) electrons. The molecule has 1 N–H and O–H groups in total. The largest absolute Gasteiger partial charge is 0.388 e. The first-order chi connectivity index (χ1) is 14.6. The van der Waals surface area contributed by atoms with Crippen LogP contribution in [0.25, 0.3) is 0 Å². The number of likely N-dealkylation sites (tertiary alicyclic amines) is 1. The Morgan fingerprint density at radius 3 is 2.10 bits per heavy atom. The lowest BCUT2D eigenvalue weighted by atomic mass is 9.87. The van der Waals surface area contributed by atoms with Gasteiger partial charge >= 0.3 is 0 Å². The maximum absolute atomic E-state index is 13.3. The van der Waals surface area contributed by atoms with Crippen molar-refractivity contribution >= 4 is 0 Å². The number of ether oxygens (including phenoxy) is 2. The van der Waals surface area contributed by atoms with Crippen LogP contribution in [0.3, 0.4) is 0 Å². The third-order valence-electron chi connectivity index (χ3n) is 6.31. The summed E-state index contributed by atoms with van der Waals surface area (Å²) >= 11 is 0. The lowest BCUT2D eigenvalue weighted by Gasteiger charge is -2.35. The fourth-order valence-electron chi connectivity index (χ4n) is 4.57. The predicted octanol–water partition coefficient (Wildman–Crippen LogP) is 4.39. The Kier molecular flexibility index (Phi) is 6.78. The Bertz CT molecular complexity index is 798. The van der Waals surface area contributed by atoms with Crippen molar-refractivity contribution in [3.8, 4) is 0 Å². The van der Waals surface area contributed by atoms with Gasteiger partial charge in [-0.15, -0.1) is 0 Å². The number of aliphatic hydroxyl groups is 1. The van der Waals surface area contributed by atoms with E-state index < -0.39 is 11.9 Å². The summed E-state index contributed by atoms with van der Waals surface area (Å²) in [5.41, 5.74) is 1.65. The average Bonchev–Trinajstić information content (AvgIpc) is 3.25. The van der Waals surface area contributed by atoms with Gasteiger partial charge in [0.2, 0.25) is 0 Å². The van der Waals surface area contributed by atoms with Crippen LogP contribution in [0.1, 0.15) is 42.9 Å². The standard InChI is InChI=1S/C24H29F2NO3/c25-21-6-2-18(3-7-21)23(28)19-10-14-27(15-11-19)13-1-12-24(29-16-17-30-24)20-4-8-22(26)9-5-20/h2-9,19,23,28H,1,10-17H2. The molecule has 2 aromatic rings. The molecule has 1 unspecified atom stereocenters. The van der Waals surface area contributed by atoms with Gasteiger partial charge in [-0.1, -0.05) is 24.3 Å². The third kappa shape index (κ3) is 4.89. The third-order valence-corrected chi connectivity index (χ3v) is 6.31. The molecular weight excluding hydrogens is 388 g/mol. The molecule has 4 nitrogen and oxygen atoms in total. The SMILES string of the molecule is OC(c1ccc(F)cc1)C1CCN(CCCC2(c3ccc(F)cc3)OCCO2)CC1. The number of halogens is 2. The van der Waals surface area contributed by atoms with E-state index in [9.17, 15) is 13.9 Å². The van der Waals surface area contributed by atoms with Gasteiger partial charge in [-0.25, -0.2) is 8.78 Å². The quantitative estimate of drug-likeness (QED) is 0.726. The number of rotatable bonds is 7. The molecule has 162 valence electrons. The van der Waals surface area contributed by atoms with Crippen molar-refractivity contribution in [1.29, 1.82) is 0 Å². The lowest BCUT2D eigenvalue weighted by Crippen LogP contribution is -2.37. The maximum Gasteiger partial charge on any atom is 0.195 e. The normalized spacial score (nSPS) is 21.0. The van der Waals surface area contributed by atoms with Gasteiger partial charge in [0, 0.05) is 12.0 Å². The Labute approximate surface area is 176 Å². The van der Waals surface area contributed by atoms with Crippen LogP contribution in [-0.2, 0) is 15.3 Å². The second kappa shape index (κ2) is 9.52. The first-order valence-corrected chi connectivity index (χ1v) is 10.8. The molecule has 6 heteroatoms. The fraction of sp³-hybridized carbons (Fsp3) is 0.500. The topological polar surface area (TPSA) is 41.9 Å². The zero-order valence-electron chi connectivity index (χ0n) is 17.1. The molecule has 4 rings (SSSR count). The summed E-state index contributed by atoms with van der Waals surface area (Å²) in [5.74, 6) is -1.13. The van der Waals surface area contributed by atoms with E-state index in [0.717, 1.165) is 56.4 Å². The van der Waals surface area contributed by atoms with Crippen LogP contribution >= 0.6 is 0 Å². The zero-order chi connectivity index (χ0) is 21.0. The summed E-state index contributed by atoms with van der Waals surface area (Å²) in [6.45, 7) is 3.87. The second-order valence-corrected chi connectivity index (χ2v) is 8.24. The molecular formula is C24H29F2NO3. The monoisotopic (exact) mass is 417 g/mol. The summed E-state index contributed by atoms with van der Waals surface area (Å²) in [4.78, 5) is 2.40. The highest BCUT2D eigenvalue weighted by Gasteiger charge is 2.38. The van der Waals surface area contributed by atoms with Crippen molar-refractivity contribution in [3.05, 3.63) is 71.3 Å². The van der Waals surface area contributed by atoms with E-state index in [4.69, 9.17) is 9.47 Å². The molecule has 0 saturated carbocycles. The van der Waals surface area contributed by atoms with Crippen molar-refractivity contribution < 1.29 is 23.4 Å². The van der Waals surface area contributed by atoms with Crippen LogP contribution in [0.5, 0.6) is 0 Å². The molecule has 0 aromatic heterocycles. The van der Waals surface area contributed by atoms with Gasteiger partial charge in [0.05, 0.1) is 19.3 Å². The van der Waals surface area contributed by atoms with E-state index in [1.165, 1.54) is 24.3 Å². The molecule has 2 heterocycles. The van der Waals surface area contributed by atoms with Gasteiger partial charge in [-0.05, 0) is 74.6 Å². The van der Waals surface area contributed by atoms with Crippen molar-refractivity contribution in [2.75, 3.05) is 32.8 Å². The van der Waals surface area contributed by atoms with Gasteiger partial charge in [-0.2, -0.15) is 0 Å².